The maximum atomic E-state index is 10.6. The zero-order valence-corrected chi connectivity index (χ0v) is 7.17. The Morgan fingerprint density at radius 1 is 1.58 bits per heavy atom. The summed E-state index contributed by atoms with van der Waals surface area (Å²) in [6, 6.07) is 2.95. The van der Waals surface area contributed by atoms with Crippen LogP contribution in [-0.4, -0.2) is 18.4 Å². The quantitative estimate of drug-likeness (QED) is 0.483. The molecule has 0 aromatic carbocycles. The molecule has 1 aromatic heterocycles. The molecule has 62 valence electrons. The molecular formula is C5H2ClN3O2S. The Hall–Kier alpha value is -1.19. The minimum absolute atomic E-state index is 0.0378. The smallest absolute Gasteiger partial charge is 0.226 e. The van der Waals surface area contributed by atoms with Crippen LogP contribution in [0.5, 0.6) is 0 Å². The highest BCUT2D eigenvalue weighted by Gasteiger charge is 2.13. The lowest BCUT2D eigenvalue weighted by atomic mass is 10.5. The summed E-state index contributed by atoms with van der Waals surface area (Å²) in [6.07, 6.45) is 1.15. The van der Waals surface area contributed by atoms with Crippen LogP contribution < -0.4 is 0 Å². The molecule has 0 N–H and O–H groups in total. The number of nitriles is 1. The first-order valence-electron chi connectivity index (χ1n) is 2.72. The highest BCUT2D eigenvalue weighted by Crippen LogP contribution is 2.07. The van der Waals surface area contributed by atoms with Crippen molar-refractivity contribution in [3.05, 3.63) is 18.0 Å². The summed E-state index contributed by atoms with van der Waals surface area (Å²) >= 11 is 0. The minimum Gasteiger partial charge on any atom is -0.226 e. The van der Waals surface area contributed by atoms with Crippen molar-refractivity contribution in [3.63, 3.8) is 0 Å². The number of halogens is 1. The van der Waals surface area contributed by atoms with Crippen molar-refractivity contribution in [1.29, 1.82) is 5.26 Å². The van der Waals surface area contributed by atoms with Crippen molar-refractivity contribution >= 4 is 19.7 Å². The summed E-state index contributed by atoms with van der Waals surface area (Å²) in [6.45, 7) is 0. The van der Waals surface area contributed by atoms with Crippen LogP contribution in [0.1, 0.15) is 5.69 Å². The van der Waals surface area contributed by atoms with Crippen molar-refractivity contribution in [2.24, 2.45) is 0 Å². The van der Waals surface area contributed by atoms with Gasteiger partial charge in [0.05, 0.1) is 0 Å². The van der Waals surface area contributed by atoms with Crippen LogP contribution >= 0.6 is 10.7 Å². The number of hydrogen-bond donors (Lipinski definition) is 0. The Kier molecular flexibility index (Phi) is 2.26. The molecule has 0 aliphatic carbocycles. The van der Waals surface area contributed by atoms with E-state index in [1.54, 1.807) is 6.07 Å². The van der Waals surface area contributed by atoms with E-state index in [4.69, 9.17) is 15.9 Å². The molecule has 0 saturated carbocycles. The zero-order valence-electron chi connectivity index (χ0n) is 5.60. The summed E-state index contributed by atoms with van der Waals surface area (Å²) < 4.78 is 21.3. The predicted octanol–water partition coefficient (Wildman–Crippen LogP) is 0.276. The molecular weight excluding hydrogens is 202 g/mol. The fourth-order valence-corrected chi connectivity index (χ4v) is 1.14. The molecule has 0 spiro atoms. The first-order valence-corrected chi connectivity index (χ1v) is 5.03. The lowest BCUT2D eigenvalue weighted by Gasteiger charge is -1.92. The Morgan fingerprint density at radius 2 is 2.25 bits per heavy atom. The summed E-state index contributed by atoms with van der Waals surface area (Å²) in [5.41, 5.74) is -0.0378. The van der Waals surface area contributed by atoms with Gasteiger partial charge in [0, 0.05) is 16.9 Å². The molecule has 1 rings (SSSR count). The summed E-state index contributed by atoms with van der Waals surface area (Å²) in [7, 11) is 0.989. The van der Waals surface area contributed by atoms with Crippen LogP contribution in [0.2, 0.25) is 0 Å². The van der Waals surface area contributed by atoms with Crippen molar-refractivity contribution in [2.75, 3.05) is 0 Å². The SMILES string of the molecule is N#Cc1ccnc(S(=O)(=O)Cl)n1. The van der Waals surface area contributed by atoms with E-state index in [2.05, 4.69) is 9.97 Å². The van der Waals surface area contributed by atoms with Crippen molar-refractivity contribution in [2.45, 2.75) is 5.16 Å². The van der Waals surface area contributed by atoms with Gasteiger partial charge in [0.1, 0.15) is 11.8 Å². The number of hydrogen-bond acceptors (Lipinski definition) is 5. The second-order valence-electron chi connectivity index (χ2n) is 1.77. The maximum Gasteiger partial charge on any atom is 0.296 e. The normalized spacial score (nSPS) is 10.7. The van der Waals surface area contributed by atoms with Gasteiger partial charge in [0.15, 0.2) is 0 Å². The molecule has 0 aliphatic rings. The Balaban J connectivity index is 3.32. The first-order chi connectivity index (χ1) is 5.54. The first kappa shape index (κ1) is 8.90. The number of rotatable bonds is 1. The third-order valence-electron chi connectivity index (χ3n) is 0.966. The van der Waals surface area contributed by atoms with Crippen LogP contribution in [0.25, 0.3) is 0 Å². The Labute approximate surface area is 73.1 Å². The van der Waals surface area contributed by atoms with Crippen molar-refractivity contribution in [1.82, 2.24) is 9.97 Å². The third-order valence-corrected chi connectivity index (χ3v) is 2.01. The lowest BCUT2D eigenvalue weighted by Crippen LogP contribution is -1.99. The molecule has 0 fully saturated rings. The molecule has 0 atom stereocenters. The van der Waals surface area contributed by atoms with Crippen LogP contribution in [0.3, 0.4) is 0 Å². The van der Waals surface area contributed by atoms with E-state index in [1.165, 1.54) is 6.07 Å². The fourth-order valence-electron chi connectivity index (χ4n) is 0.521. The molecule has 7 heteroatoms. The molecule has 0 saturated heterocycles. The van der Waals surface area contributed by atoms with Gasteiger partial charge in [-0.25, -0.2) is 18.4 Å². The Bertz CT molecular complexity index is 436. The van der Waals surface area contributed by atoms with Gasteiger partial charge in [-0.15, -0.1) is 0 Å². The van der Waals surface area contributed by atoms with E-state index in [0.29, 0.717) is 0 Å². The maximum absolute atomic E-state index is 10.6. The molecule has 1 aromatic rings. The van der Waals surface area contributed by atoms with Gasteiger partial charge in [0.2, 0.25) is 0 Å². The molecule has 0 radical (unpaired) electrons. The number of nitrogens with zero attached hydrogens (tertiary/aromatic N) is 3. The van der Waals surface area contributed by atoms with E-state index in [-0.39, 0.29) is 5.69 Å². The van der Waals surface area contributed by atoms with E-state index >= 15 is 0 Å². The summed E-state index contributed by atoms with van der Waals surface area (Å²) in [5, 5.41) is 7.80. The molecule has 1 heterocycles. The highest BCUT2D eigenvalue weighted by atomic mass is 35.7. The number of aromatic nitrogens is 2. The highest BCUT2D eigenvalue weighted by molar-refractivity contribution is 8.13. The minimum atomic E-state index is -3.94. The van der Waals surface area contributed by atoms with Gasteiger partial charge in [-0.3, -0.25) is 0 Å². The lowest BCUT2D eigenvalue weighted by molar-refractivity contribution is 0.601. The molecule has 0 aliphatic heterocycles. The molecule has 0 amide bonds. The van der Waals surface area contributed by atoms with E-state index in [1.807, 2.05) is 0 Å². The van der Waals surface area contributed by atoms with Crippen LogP contribution in [0.4, 0.5) is 0 Å². The second-order valence-corrected chi connectivity index (χ2v) is 4.23. The molecule has 5 nitrogen and oxygen atoms in total. The Morgan fingerprint density at radius 3 is 2.75 bits per heavy atom. The van der Waals surface area contributed by atoms with Gasteiger partial charge >= 0.3 is 0 Å². The second kappa shape index (κ2) is 3.05. The standard InChI is InChI=1S/C5H2ClN3O2S/c6-12(10,11)5-8-2-1-4(3-7)9-5/h1-2H. The largest absolute Gasteiger partial charge is 0.296 e. The summed E-state index contributed by atoms with van der Waals surface area (Å²) in [5.74, 6) is 0. The average molecular weight is 204 g/mol. The monoisotopic (exact) mass is 203 g/mol. The van der Waals surface area contributed by atoms with E-state index in [9.17, 15) is 8.42 Å². The topological polar surface area (TPSA) is 83.7 Å². The van der Waals surface area contributed by atoms with Crippen LogP contribution in [-0.2, 0) is 9.05 Å². The van der Waals surface area contributed by atoms with Crippen molar-refractivity contribution < 1.29 is 8.42 Å². The van der Waals surface area contributed by atoms with Crippen LogP contribution in [0.15, 0.2) is 17.4 Å². The van der Waals surface area contributed by atoms with Gasteiger partial charge in [-0.1, -0.05) is 0 Å². The summed E-state index contributed by atoms with van der Waals surface area (Å²) in [4.78, 5) is 6.75. The fraction of sp³-hybridized carbons (Fsp3) is 0. The predicted molar refractivity (Wildman–Crippen MR) is 39.8 cm³/mol. The third kappa shape index (κ3) is 1.90. The van der Waals surface area contributed by atoms with Gasteiger partial charge in [-0.2, -0.15) is 5.26 Å². The molecule has 0 bridgehead atoms. The molecule has 0 unspecified atom stereocenters. The van der Waals surface area contributed by atoms with Crippen LogP contribution in [0, 0.1) is 11.3 Å². The van der Waals surface area contributed by atoms with E-state index < -0.39 is 14.2 Å². The van der Waals surface area contributed by atoms with Gasteiger partial charge in [-0.05, 0) is 6.07 Å². The molecule has 12 heavy (non-hydrogen) atoms. The van der Waals surface area contributed by atoms with Crippen molar-refractivity contribution in [3.8, 4) is 6.07 Å². The van der Waals surface area contributed by atoms with E-state index in [0.717, 1.165) is 6.20 Å². The van der Waals surface area contributed by atoms with Gasteiger partial charge < -0.3 is 0 Å². The average Bonchev–Trinajstić information content (AvgIpc) is 2.03. The zero-order chi connectivity index (χ0) is 9.19. The van der Waals surface area contributed by atoms with Gasteiger partial charge in [0.25, 0.3) is 14.2 Å².